The summed E-state index contributed by atoms with van der Waals surface area (Å²) in [7, 11) is 0. The Morgan fingerprint density at radius 3 is 2.62 bits per heavy atom. The third-order valence-corrected chi connectivity index (χ3v) is 3.50. The monoisotopic (exact) mass is 229 g/mol. The number of carboxylic acid groups (broad SMARTS) is 1. The number of ether oxygens (including phenoxy) is 1. The summed E-state index contributed by atoms with van der Waals surface area (Å²) < 4.78 is 5.83. The lowest BCUT2D eigenvalue weighted by atomic mass is 9.70. The van der Waals surface area contributed by atoms with Crippen molar-refractivity contribution in [3.63, 3.8) is 0 Å². The Morgan fingerprint density at radius 1 is 1.56 bits per heavy atom. The molecule has 4 heteroatoms. The zero-order valence-corrected chi connectivity index (χ0v) is 10.3. The maximum atomic E-state index is 10.9. The lowest BCUT2D eigenvalue weighted by molar-refractivity contribution is -0.315. The molecular weight excluding hydrogens is 208 g/mol. The molecule has 0 aromatic heterocycles. The third kappa shape index (κ3) is 2.74. The van der Waals surface area contributed by atoms with Crippen LogP contribution in [0.5, 0.6) is 0 Å². The summed E-state index contributed by atoms with van der Waals surface area (Å²) >= 11 is 0. The van der Waals surface area contributed by atoms with Crippen LogP contribution in [0.3, 0.4) is 0 Å². The van der Waals surface area contributed by atoms with Crippen molar-refractivity contribution in [3.05, 3.63) is 0 Å². The minimum Gasteiger partial charge on any atom is -0.550 e. The summed E-state index contributed by atoms with van der Waals surface area (Å²) in [6, 6.07) is 0. The highest BCUT2D eigenvalue weighted by Crippen LogP contribution is 2.44. The number of aliphatic hydroxyl groups is 1. The molecule has 0 spiro atoms. The standard InChI is InChI=1S/C12H22O4/c1-11(2,3)12(7-10(14)15)6-4-5-9(8-13)16-12/h9,13H,4-8H2,1-3H3,(H,14,15)/p-1. The van der Waals surface area contributed by atoms with Crippen LogP contribution in [-0.4, -0.2) is 29.4 Å². The Labute approximate surface area is 96.6 Å². The molecule has 1 aliphatic rings. The van der Waals surface area contributed by atoms with E-state index >= 15 is 0 Å². The van der Waals surface area contributed by atoms with E-state index in [2.05, 4.69) is 0 Å². The van der Waals surface area contributed by atoms with Gasteiger partial charge >= 0.3 is 0 Å². The van der Waals surface area contributed by atoms with Gasteiger partial charge in [-0.05, 0) is 24.7 Å². The molecule has 94 valence electrons. The molecule has 2 unspecified atom stereocenters. The molecule has 0 amide bonds. The molecule has 1 heterocycles. The molecule has 0 saturated carbocycles. The predicted octanol–water partition coefficient (Wildman–Crippen LogP) is 0.473. The number of hydrogen-bond donors (Lipinski definition) is 1. The van der Waals surface area contributed by atoms with Crippen LogP contribution in [-0.2, 0) is 9.53 Å². The second kappa shape index (κ2) is 4.72. The summed E-state index contributed by atoms with van der Waals surface area (Å²) in [6.45, 7) is 5.85. The number of aliphatic carboxylic acids is 1. The molecule has 0 bridgehead atoms. The number of rotatable bonds is 3. The normalized spacial score (nSPS) is 31.4. The number of hydrogen-bond acceptors (Lipinski definition) is 4. The van der Waals surface area contributed by atoms with E-state index in [1.807, 2.05) is 20.8 Å². The van der Waals surface area contributed by atoms with Crippen LogP contribution in [0.2, 0.25) is 0 Å². The molecule has 4 nitrogen and oxygen atoms in total. The zero-order chi connectivity index (χ0) is 12.4. The first-order chi connectivity index (χ1) is 7.31. The van der Waals surface area contributed by atoms with Gasteiger partial charge in [-0.2, -0.15) is 0 Å². The van der Waals surface area contributed by atoms with Crippen molar-refractivity contribution < 1.29 is 19.7 Å². The summed E-state index contributed by atoms with van der Waals surface area (Å²) in [5, 5.41) is 20.0. The van der Waals surface area contributed by atoms with E-state index in [4.69, 9.17) is 9.84 Å². The SMILES string of the molecule is CC(C)(C)C1(CC(=O)[O-])CCCC(CO)O1. The molecule has 2 atom stereocenters. The van der Waals surface area contributed by atoms with Gasteiger partial charge < -0.3 is 19.7 Å². The van der Waals surface area contributed by atoms with Gasteiger partial charge in [0.15, 0.2) is 0 Å². The highest BCUT2D eigenvalue weighted by Gasteiger charge is 2.46. The summed E-state index contributed by atoms with van der Waals surface area (Å²) in [4.78, 5) is 10.9. The van der Waals surface area contributed by atoms with Crippen molar-refractivity contribution in [2.45, 2.75) is 58.2 Å². The summed E-state index contributed by atoms with van der Waals surface area (Å²) in [5.41, 5.74) is -0.988. The van der Waals surface area contributed by atoms with Crippen molar-refractivity contribution in [1.82, 2.24) is 0 Å². The van der Waals surface area contributed by atoms with E-state index in [9.17, 15) is 9.90 Å². The number of aliphatic hydroxyl groups excluding tert-OH is 1. The lowest BCUT2D eigenvalue weighted by Crippen LogP contribution is -2.54. The lowest BCUT2D eigenvalue weighted by Gasteiger charge is -2.49. The predicted molar refractivity (Wildman–Crippen MR) is 57.6 cm³/mol. The number of carbonyl (C=O) groups is 1. The van der Waals surface area contributed by atoms with Crippen molar-refractivity contribution in [2.24, 2.45) is 5.41 Å². The van der Waals surface area contributed by atoms with E-state index in [0.717, 1.165) is 12.8 Å². The van der Waals surface area contributed by atoms with E-state index in [-0.39, 0.29) is 24.5 Å². The van der Waals surface area contributed by atoms with Gasteiger partial charge in [-0.3, -0.25) is 0 Å². The van der Waals surface area contributed by atoms with Crippen molar-refractivity contribution in [2.75, 3.05) is 6.61 Å². The molecule has 0 aromatic carbocycles. The molecule has 0 radical (unpaired) electrons. The number of carbonyl (C=O) groups excluding carboxylic acids is 1. The van der Waals surface area contributed by atoms with Crippen LogP contribution >= 0.6 is 0 Å². The van der Waals surface area contributed by atoms with Crippen molar-refractivity contribution in [1.29, 1.82) is 0 Å². The van der Waals surface area contributed by atoms with Crippen molar-refractivity contribution in [3.8, 4) is 0 Å². The Hall–Kier alpha value is -0.610. The van der Waals surface area contributed by atoms with Gasteiger partial charge in [-0.25, -0.2) is 0 Å². The minimum atomic E-state index is -1.09. The first-order valence-corrected chi connectivity index (χ1v) is 5.79. The Balaban J connectivity index is 2.90. The molecule has 1 rings (SSSR count). The highest BCUT2D eigenvalue weighted by atomic mass is 16.5. The largest absolute Gasteiger partial charge is 0.550 e. The summed E-state index contributed by atoms with van der Waals surface area (Å²) in [6.07, 6.45) is 2.04. The van der Waals surface area contributed by atoms with Crippen LogP contribution in [0.15, 0.2) is 0 Å². The molecule has 0 aromatic rings. The molecule has 0 aliphatic carbocycles. The molecule has 16 heavy (non-hydrogen) atoms. The van der Waals surface area contributed by atoms with Crippen molar-refractivity contribution >= 4 is 5.97 Å². The Bertz CT molecular complexity index is 256. The van der Waals surface area contributed by atoms with Gasteiger partial charge in [0.25, 0.3) is 0 Å². The Morgan fingerprint density at radius 2 is 2.19 bits per heavy atom. The fourth-order valence-electron chi connectivity index (χ4n) is 2.36. The molecule has 1 saturated heterocycles. The zero-order valence-electron chi connectivity index (χ0n) is 10.3. The van der Waals surface area contributed by atoms with Gasteiger partial charge in [0.1, 0.15) is 0 Å². The van der Waals surface area contributed by atoms with E-state index in [0.29, 0.717) is 6.42 Å². The quantitative estimate of drug-likeness (QED) is 0.764. The third-order valence-electron chi connectivity index (χ3n) is 3.50. The van der Waals surface area contributed by atoms with Crippen LogP contribution in [0.1, 0.15) is 46.5 Å². The van der Waals surface area contributed by atoms with Gasteiger partial charge in [0.2, 0.25) is 0 Å². The minimum absolute atomic E-state index is 0.0507. The topological polar surface area (TPSA) is 69.6 Å². The molecule has 1 aliphatic heterocycles. The average Bonchev–Trinajstić information content (AvgIpc) is 2.15. The summed E-state index contributed by atoms with van der Waals surface area (Å²) in [5.74, 6) is -1.09. The maximum Gasteiger partial charge on any atom is 0.0813 e. The molecule has 1 fully saturated rings. The van der Waals surface area contributed by atoms with Gasteiger partial charge in [0.05, 0.1) is 18.3 Å². The van der Waals surface area contributed by atoms with Gasteiger partial charge in [-0.1, -0.05) is 20.8 Å². The molecular formula is C12H21O4-. The van der Waals surface area contributed by atoms with Crippen LogP contribution < -0.4 is 5.11 Å². The van der Waals surface area contributed by atoms with Gasteiger partial charge in [0, 0.05) is 12.4 Å². The Kier molecular flexibility index (Phi) is 3.97. The van der Waals surface area contributed by atoms with Crippen LogP contribution in [0.4, 0.5) is 0 Å². The number of carboxylic acids is 1. The first-order valence-electron chi connectivity index (χ1n) is 5.79. The molecule has 1 N–H and O–H groups in total. The highest BCUT2D eigenvalue weighted by molar-refractivity contribution is 5.66. The van der Waals surface area contributed by atoms with Gasteiger partial charge in [-0.15, -0.1) is 0 Å². The van der Waals surface area contributed by atoms with E-state index in [1.54, 1.807) is 0 Å². The maximum absolute atomic E-state index is 10.9. The van der Waals surface area contributed by atoms with E-state index < -0.39 is 11.6 Å². The fourth-order valence-corrected chi connectivity index (χ4v) is 2.36. The van der Waals surface area contributed by atoms with E-state index in [1.165, 1.54) is 0 Å². The second-order valence-corrected chi connectivity index (χ2v) is 5.61. The van der Waals surface area contributed by atoms with Crippen LogP contribution in [0, 0.1) is 5.41 Å². The smallest absolute Gasteiger partial charge is 0.0813 e. The van der Waals surface area contributed by atoms with Crippen LogP contribution in [0.25, 0.3) is 0 Å². The fraction of sp³-hybridized carbons (Fsp3) is 0.917. The first kappa shape index (κ1) is 13.5. The average molecular weight is 229 g/mol. The second-order valence-electron chi connectivity index (χ2n) is 5.61.